The van der Waals surface area contributed by atoms with Crippen LogP contribution in [0.4, 0.5) is 10.1 Å². The van der Waals surface area contributed by atoms with Gasteiger partial charge in [0.05, 0.1) is 11.9 Å². The minimum absolute atomic E-state index is 0.193. The lowest BCUT2D eigenvalue weighted by molar-refractivity contribution is -0.139. The van der Waals surface area contributed by atoms with E-state index in [-0.39, 0.29) is 23.7 Å². The van der Waals surface area contributed by atoms with Gasteiger partial charge in [0.2, 0.25) is 21.8 Å². The number of anilines is 1. The van der Waals surface area contributed by atoms with E-state index in [2.05, 4.69) is 5.32 Å². The van der Waals surface area contributed by atoms with Gasteiger partial charge in [-0.25, -0.2) is 12.8 Å². The standard InChI is InChI=1S/C24H31ClFN3O4S/c1-16(2)13-27-24(31)18(4)28(14-19-8-6-7-9-22(19)26)23(30)15-29(34(5,32)33)20-11-10-17(3)21(25)12-20/h6-12,16,18H,13-15H2,1-5H3,(H,27,31)/t18-/m1/s1. The lowest BCUT2D eigenvalue weighted by Crippen LogP contribution is -2.51. The quantitative estimate of drug-likeness (QED) is 0.526. The fourth-order valence-corrected chi connectivity index (χ4v) is 4.21. The molecule has 0 heterocycles. The van der Waals surface area contributed by atoms with E-state index in [1.165, 1.54) is 36.1 Å². The number of hydrogen-bond acceptors (Lipinski definition) is 4. The third kappa shape index (κ3) is 7.43. The molecule has 10 heteroatoms. The fraction of sp³-hybridized carbons (Fsp3) is 0.417. The molecule has 186 valence electrons. The van der Waals surface area contributed by atoms with E-state index in [1.807, 2.05) is 13.8 Å². The predicted octanol–water partition coefficient (Wildman–Crippen LogP) is 3.74. The van der Waals surface area contributed by atoms with E-state index < -0.39 is 40.2 Å². The van der Waals surface area contributed by atoms with Gasteiger partial charge >= 0.3 is 0 Å². The molecule has 2 aromatic rings. The highest BCUT2D eigenvalue weighted by molar-refractivity contribution is 7.92. The summed E-state index contributed by atoms with van der Waals surface area (Å²) in [4.78, 5) is 27.3. The third-order valence-corrected chi connectivity index (χ3v) is 6.82. The van der Waals surface area contributed by atoms with Crippen molar-refractivity contribution in [1.82, 2.24) is 10.2 Å². The van der Waals surface area contributed by atoms with Crippen LogP contribution in [-0.2, 0) is 26.2 Å². The maximum absolute atomic E-state index is 14.4. The van der Waals surface area contributed by atoms with Crippen LogP contribution in [0.1, 0.15) is 31.9 Å². The summed E-state index contributed by atoms with van der Waals surface area (Å²) in [5, 5.41) is 3.12. The first-order chi connectivity index (χ1) is 15.8. The molecule has 0 aromatic heterocycles. The summed E-state index contributed by atoms with van der Waals surface area (Å²) in [6, 6.07) is 9.63. The zero-order valence-electron chi connectivity index (χ0n) is 20.0. The Hall–Kier alpha value is -2.65. The van der Waals surface area contributed by atoms with Crippen molar-refractivity contribution in [1.29, 1.82) is 0 Å². The molecule has 2 rings (SSSR count). The third-order valence-electron chi connectivity index (χ3n) is 5.27. The number of nitrogens with one attached hydrogen (secondary N) is 1. The number of rotatable bonds is 10. The molecule has 1 atom stereocenters. The van der Waals surface area contributed by atoms with Crippen molar-refractivity contribution in [3.05, 3.63) is 64.4 Å². The smallest absolute Gasteiger partial charge is 0.244 e. The average molecular weight is 512 g/mol. The van der Waals surface area contributed by atoms with E-state index in [0.29, 0.717) is 11.6 Å². The molecule has 0 unspecified atom stereocenters. The molecule has 0 aliphatic heterocycles. The molecular weight excluding hydrogens is 481 g/mol. The van der Waals surface area contributed by atoms with E-state index >= 15 is 0 Å². The molecule has 34 heavy (non-hydrogen) atoms. The zero-order valence-corrected chi connectivity index (χ0v) is 21.6. The van der Waals surface area contributed by atoms with Crippen LogP contribution >= 0.6 is 11.6 Å². The molecule has 0 radical (unpaired) electrons. The molecule has 2 aromatic carbocycles. The summed E-state index contributed by atoms with van der Waals surface area (Å²) < 4.78 is 40.4. The SMILES string of the molecule is Cc1ccc(N(CC(=O)N(Cc2ccccc2F)[C@H](C)C(=O)NCC(C)C)S(C)(=O)=O)cc1Cl. The van der Waals surface area contributed by atoms with Crippen molar-refractivity contribution in [2.75, 3.05) is 23.7 Å². The Morgan fingerprint density at radius 3 is 2.32 bits per heavy atom. The molecule has 0 aliphatic carbocycles. The van der Waals surface area contributed by atoms with Crippen LogP contribution < -0.4 is 9.62 Å². The van der Waals surface area contributed by atoms with Crippen LogP contribution in [-0.4, -0.2) is 50.5 Å². The number of amides is 2. The van der Waals surface area contributed by atoms with Crippen molar-refractivity contribution in [2.45, 2.75) is 40.3 Å². The number of sulfonamides is 1. The van der Waals surface area contributed by atoms with Crippen LogP contribution in [0.15, 0.2) is 42.5 Å². The summed E-state index contributed by atoms with van der Waals surface area (Å²) in [7, 11) is -3.87. The Bertz CT molecular complexity index is 1140. The van der Waals surface area contributed by atoms with Crippen molar-refractivity contribution in [2.24, 2.45) is 5.92 Å². The minimum Gasteiger partial charge on any atom is -0.354 e. The first-order valence-corrected chi connectivity index (χ1v) is 13.1. The minimum atomic E-state index is -3.87. The molecule has 0 aliphatic rings. The van der Waals surface area contributed by atoms with Gasteiger partial charge in [-0.2, -0.15) is 0 Å². The Labute approximate surface area is 205 Å². The number of benzene rings is 2. The van der Waals surface area contributed by atoms with Crippen molar-refractivity contribution >= 4 is 39.1 Å². The van der Waals surface area contributed by atoms with Crippen molar-refractivity contribution < 1.29 is 22.4 Å². The van der Waals surface area contributed by atoms with Crippen LogP contribution in [0.2, 0.25) is 5.02 Å². The second kappa shape index (κ2) is 11.7. The lowest BCUT2D eigenvalue weighted by Gasteiger charge is -2.31. The number of carbonyl (C=O) groups excluding carboxylic acids is 2. The predicted molar refractivity (Wildman–Crippen MR) is 133 cm³/mol. The van der Waals surface area contributed by atoms with E-state index in [1.54, 1.807) is 25.1 Å². The van der Waals surface area contributed by atoms with Crippen molar-refractivity contribution in [3.63, 3.8) is 0 Å². The second-order valence-electron chi connectivity index (χ2n) is 8.63. The van der Waals surface area contributed by atoms with Crippen LogP contribution in [0.5, 0.6) is 0 Å². The number of aryl methyl sites for hydroxylation is 1. The zero-order chi connectivity index (χ0) is 25.6. The van der Waals surface area contributed by atoms with Gasteiger partial charge in [0.25, 0.3) is 0 Å². The molecule has 1 N–H and O–H groups in total. The van der Waals surface area contributed by atoms with Crippen LogP contribution in [0.3, 0.4) is 0 Å². The molecular formula is C24H31ClFN3O4S. The van der Waals surface area contributed by atoms with E-state index in [9.17, 15) is 22.4 Å². The van der Waals surface area contributed by atoms with Crippen molar-refractivity contribution in [3.8, 4) is 0 Å². The highest BCUT2D eigenvalue weighted by atomic mass is 35.5. The maximum atomic E-state index is 14.4. The number of carbonyl (C=O) groups is 2. The molecule has 2 amide bonds. The number of hydrogen-bond donors (Lipinski definition) is 1. The summed E-state index contributed by atoms with van der Waals surface area (Å²) in [6.45, 7) is 6.80. The van der Waals surface area contributed by atoms with Gasteiger partial charge in [-0.15, -0.1) is 0 Å². The maximum Gasteiger partial charge on any atom is 0.244 e. The van der Waals surface area contributed by atoms with Gasteiger partial charge in [-0.05, 0) is 43.5 Å². The van der Waals surface area contributed by atoms with Gasteiger partial charge in [0, 0.05) is 23.7 Å². The van der Waals surface area contributed by atoms with Gasteiger partial charge < -0.3 is 10.2 Å². The first-order valence-electron chi connectivity index (χ1n) is 10.9. The van der Waals surface area contributed by atoms with E-state index in [4.69, 9.17) is 11.6 Å². The summed E-state index contributed by atoms with van der Waals surface area (Å²) in [6.07, 6.45) is 0.980. The number of halogens is 2. The Morgan fingerprint density at radius 2 is 1.76 bits per heavy atom. The molecule has 0 bridgehead atoms. The first kappa shape index (κ1) is 27.6. The Kier molecular flexibility index (Phi) is 9.46. The van der Waals surface area contributed by atoms with Crippen LogP contribution in [0, 0.1) is 18.7 Å². The fourth-order valence-electron chi connectivity index (χ4n) is 3.20. The molecule has 0 saturated heterocycles. The monoisotopic (exact) mass is 511 g/mol. The van der Waals surface area contributed by atoms with E-state index in [0.717, 1.165) is 16.1 Å². The lowest BCUT2D eigenvalue weighted by atomic mass is 10.1. The molecule has 0 spiro atoms. The van der Waals surface area contributed by atoms with Gasteiger partial charge in [0.15, 0.2) is 0 Å². The normalized spacial score (nSPS) is 12.4. The van der Waals surface area contributed by atoms with Gasteiger partial charge in [-0.1, -0.05) is 49.7 Å². The summed E-state index contributed by atoms with van der Waals surface area (Å²) >= 11 is 6.17. The molecule has 7 nitrogen and oxygen atoms in total. The average Bonchev–Trinajstić information content (AvgIpc) is 2.75. The van der Waals surface area contributed by atoms with Gasteiger partial charge in [0.1, 0.15) is 18.4 Å². The topological polar surface area (TPSA) is 86.8 Å². The number of nitrogens with zero attached hydrogens (tertiary/aromatic N) is 2. The Morgan fingerprint density at radius 1 is 1.12 bits per heavy atom. The summed E-state index contributed by atoms with van der Waals surface area (Å²) in [5.41, 5.74) is 1.18. The molecule has 0 saturated carbocycles. The Balaban J connectivity index is 2.40. The summed E-state index contributed by atoms with van der Waals surface area (Å²) in [5.74, 6) is -1.40. The van der Waals surface area contributed by atoms with Crippen LogP contribution in [0.25, 0.3) is 0 Å². The van der Waals surface area contributed by atoms with Gasteiger partial charge in [-0.3, -0.25) is 13.9 Å². The second-order valence-corrected chi connectivity index (χ2v) is 10.9. The largest absolute Gasteiger partial charge is 0.354 e. The molecule has 0 fully saturated rings. The highest BCUT2D eigenvalue weighted by Gasteiger charge is 2.30. The highest BCUT2D eigenvalue weighted by Crippen LogP contribution is 2.25.